The van der Waals surface area contributed by atoms with Gasteiger partial charge >= 0.3 is 0 Å². The molecule has 1 atom stereocenters. The maximum Gasteiger partial charge on any atom is 0.279 e. The second kappa shape index (κ2) is 8.15. The molecule has 1 saturated heterocycles. The molecule has 2 aromatic rings. The zero-order valence-corrected chi connectivity index (χ0v) is 15.9. The molecule has 2 N–H and O–H groups in total. The monoisotopic (exact) mass is 411 g/mol. The van der Waals surface area contributed by atoms with E-state index >= 15 is 0 Å². The van der Waals surface area contributed by atoms with E-state index in [1.54, 1.807) is 17.5 Å². The van der Waals surface area contributed by atoms with Crippen molar-refractivity contribution in [2.24, 2.45) is 5.92 Å². The maximum absolute atomic E-state index is 13.0. The van der Waals surface area contributed by atoms with Crippen LogP contribution in [0.2, 0.25) is 0 Å². The average molecular weight is 411 g/mol. The van der Waals surface area contributed by atoms with Gasteiger partial charge in [0.25, 0.3) is 5.91 Å². The van der Waals surface area contributed by atoms with E-state index in [2.05, 4.69) is 10.9 Å². The molecule has 0 unspecified atom stereocenters. The van der Waals surface area contributed by atoms with Gasteiger partial charge in [-0.15, -0.1) is 11.3 Å². The molecule has 0 saturated carbocycles. The lowest BCUT2D eigenvalue weighted by Crippen LogP contribution is -2.49. The molecule has 1 fully saturated rings. The lowest BCUT2D eigenvalue weighted by atomic mass is 9.99. The molecule has 7 nitrogen and oxygen atoms in total. The summed E-state index contributed by atoms with van der Waals surface area (Å²) in [4.78, 5) is 24.6. The van der Waals surface area contributed by atoms with Crippen molar-refractivity contribution in [1.82, 2.24) is 15.2 Å². The Balaban J connectivity index is 1.62. The van der Waals surface area contributed by atoms with Gasteiger partial charge in [0.15, 0.2) is 0 Å². The number of halogens is 1. The number of hydrogen-bond acceptors (Lipinski definition) is 5. The standard InChI is InChI=1S/C17H18FN3O4S2/c18-13-5-7-14(8-6-13)27(24,25)21-9-1-3-12(11-21)16(22)19-20-17(23)15-4-2-10-26-15/h2,4-8,10,12H,1,3,9,11H2,(H,19,22)(H,20,23)/t12-/m1/s1. The summed E-state index contributed by atoms with van der Waals surface area (Å²) in [5.41, 5.74) is 4.69. The Morgan fingerprint density at radius 2 is 1.89 bits per heavy atom. The molecule has 2 heterocycles. The third kappa shape index (κ3) is 4.52. The Kier molecular flexibility index (Phi) is 5.88. The van der Waals surface area contributed by atoms with Gasteiger partial charge in [0.2, 0.25) is 15.9 Å². The minimum atomic E-state index is -3.81. The van der Waals surface area contributed by atoms with E-state index in [4.69, 9.17) is 0 Å². The van der Waals surface area contributed by atoms with Crippen LogP contribution in [-0.4, -0.2) is 37.6 Å². The van der Waals surface area contributed by atoms with Crippen LogP contribution in [0.1, 0.15) is 22.5 Å². The van der Waals surface area contributed by atoms with Crippen molar-refractivity contribution in [3.63, 3.8) is 0 Å². The minimum absolute atomic E-state index is 0.000412. The number of carbonyl (C=O) groups excluding carboxylic acids is 2. The topological polar surface area (TPSA) is 95.6 Å². The molecule has 1 aromatic carbocycles. The highest BCUT2D eigenvalue weighted by molar-refractivity contribution is 7.89. The number of piperidine rings is 1. The molecular formula is C17H18FN3O4S2. The van der Waals surface area contributed by atoms with Crippen molar-refractivity contribution in [3.8, 4) is 0 Å². The average Bonchev–Trinajstić information content (AvgIpc) is 3.21. The predicted molar refractivity (Wildman–Crippen MR) is 97.8 cm³/mol. The number of rotatable bonds is 4. The molecule has 144 valence electrons. The second-order valence-electron chi connectivity index (χ2n) is 6.08. The summed E-state index contributed by atoms with van der Waals surface area (Å²) < 4.78 is 39.6. The zero-order chi connectivity index (χ0) is 19.4. The number of benzene rings is 1. The first-order valence-corrected chi connectivity index (χ1v) is 10.6. The van der Waals surface area contributed by atoms with Gasteiger partial charge in [-0.25, -0.2) is 12.8 Å². The SMILES string of the molecule is O=C(NNC(=O)[C@@H]1CCCN(S(=O)(=O)c2ccc(F)cc2)C1)c1cccs1. The number of amides is 2. The lowest BCUT2D eigenvalue weighted by molar-refractivity contribution is -0.126. The summed E-state index contributed by atoms with van der Waals surface area (Å²) >= 11 is 1.24. The van der Waals surface area contributed by atoms with E-state index in [0.717, 1.165) is 12.1 Å². The molecule has 27 heavy (non-hydrogen) atoms. The van der Waals surface area contributed by atoms with Gasteiger partial charge < -0.3 is 0 Å². The first-order chi connectivity index (χ1) is 12.9. The summed E-state index contributed by atoms with van der Waals surface area (Å²) in [6, 6.07) is 7.93. The van der Waals surface area contributed by atoms with E-state index in [1.807, 2.05) is 0 Å². The molecule has 1 aliphatic heterocycles. The largest absolute Gasteiger partial charge is 0.279 e. The summed E-state index contributed by atoms with van der Waals surface area (Å²) in [5.74, 6) is -1.98. The van der Waals surface area contributed by atoms with Crippen LogP contribution in [0.15, 0.2) is 46.7 Å². The number of nitrogens with zero attached hydrogens (tertiary/aromatic N) is 1. The molecule has 10 heteroatoms. The van der Waals surface area contributed by atoms with Crippen LogP contribution in [-0.2, 0) is 14.8 Å². The van der Waals surface area contributed by atoms with Crippen LogP contribution >= 0.6 is 11.3 Å². The number of nitrogens with one attached hydrogen (secondary N) is 2. The third-order valence-corrected chi connectivity index (χ3v) is 7.00. The number of carbonyl (C=O) groups is 2. The molecule has 1 aromatic heterocycles. The summed E-state index contributed by atoms with van der Waals surface area (Å²) in [6.45, 7) is 0.283. The third-order valence-electron chi connectivity index (χ3n) is 4.25. The van der Waals surface area contributed by atoms with Crippen molar-refractivity contribution in [2.75, 3.05) is 13.1 Å². The molecule has 0 bridgehead atoms. The number of hydrogen-bond donors (Lipinski definition) is 2. The van der Waals surface area contributed by atoms with Crippen molar-refractivity contribution < 1.29 is 22.4 Å². The van der Waals surface area contributed by atoms with Crippen molar-refractivity contribution in [3.05, 3.63) is 52.5 Å². The molecule has 0 spiro atoms. The summed E-state index contributed by atoms with van der Waals surface area (Å²) in [7, 11) is -3.81. The smallest absolute Gasteiger partial charge is 0.273 e. The highest BCUT2D eigenvalue weighted by atomic mass is 32.2. The Morgan fingerprint density at radius 3 is 2.56 bits per heavy atom. The normalized spacial score (nSPS) is 18.0. The van der Waals surface area contributed by atoms with E-state index in [1.165, 1.54) is 27.8 Å². The predicted octanol–water partition coefficient (Wildman–Crippen LogP) is 1.75. The van der Waals surface area contributed by atoms with Crippen LogP contribution in [0.25, 0.3) is 0 Å². The van der Waals surface area contributed by atoms with Crippen LogP contribution < -0.4 is 10.9 Å². The van der Waals surface area contributed by atoms with Gasteiger partial charge in [-0.05, 0) is 48.6 Å². The first-order valence-electron chi connectivity index (χ1n) is 8.27. The Labute approximate surface area is 160 Å². The fraction of sp³-hybridized carbons (Fsp3) is 0.294. The van der Waals surface area contributed by atoms with Crippen molar-refractivity contribution in [2.45, 2.75) is 17.7 Å². The Hall–Kier alpha value is -2.30. The van der Waals surface area contributed by atoms with Crippen molar-refractivity contribution >= 4 is 33.2 Å². The fourth-order valence-electron chi connectivity index (χ4n) is 2.82. The highest BCUT2D eigenvalue weighted by Gasteiger charge is 2.33. The highest BCUT2D eigenvalue weighted by Crippen LogP contribution is 2.24. The molecule has 1 aliphatic rings. The van der Waals surface area contributed by atoms with E-state index < -0.39 is 33.6 Å². The zero-order valence-electron chi connectivity index (χ0n) is 14.2. The molecule has 0 radical (unpaired) electrons. The number of hydrazine groups is 1. The lowest BCUT2D eigenvalue weighted by Gasteiger charge is -2.31. The van der Waals surface area contributed by atoms with Crippen LogP contribution in [0, 0.1) is 11.7 Å². The van der Waals surface area contributed by atoms with Gasteiger partial charge in [-0.2, -0.15) is 4.31 Å². The minimum Gasteiger partial charge on any atom is -0.273 e. The number of sulfonamides is 1. The van der Waals surface area contributed by atoms with Gasteiger partial charge in [-0.3, -0.25) is 20.4 Å². The van der Waals surface area contributed by atoms with E-state index in [-0.39, 0.29) is 18.0 Å². The summed E-state index contributed by atoms with van der Waals surface area (Å²) in [5, 5.41) is 1.75. The van der Waals surface area contributed by atoms with Crippen LogP contribution in [0.5, 0.6) is 0 Å². The van der Waals surface area contributed by atoms with Gasteiger partial charge in [0.1, 0.15) is 5.82 Å². The Morgan fingerprint density at radius 1 is 1.15 bits per heavy atom. The van der Waals surface area contributed by atoms with Crippen LogP contribution in [0.3, 0.4) is 0 Å². The maximum atomic E-state index is 13.0. The van der Waals surface area contributed by atoms with Gasteiger partial charge in [0, 0.05) is 13.1 Å². The second-order valence-corrected chi connectivity index (χ2v) is 8.96. The van der Waals surface area contributed by atoms with E-state index in [0.29, 0.717) is 17.7 Å². The first kappa shape index (κ1) is 19.5. The van der Waals surface area contributed by atoms with Gasteiger partial charge in [0.05, 0.1) is 15.7 Å². The summed E-state index contributed by atoms with van der Waals surface area (Å²) in [6.07, 6.45) is 1.02. The number of thiophene rings is 1. The molecular weight excluding hydrogens is 393 g/mol. The van der Waals surface area contributed by atoms with Gasteiger partial charge in [-0.1, -0.05) is 6.07 Å². The molecule has 2 amide bonds. The fourth-order valence-corrected chi connectivity index (χ4v) is 4.96. The van der Waals surface area contributed by atoms with Crippen LogP contribution in [0.4, 0.5) is 4.39 Å². The molecule has 3 rings (SSSR count). The van der Waals surface area contributed by atoms with Crippen molar-refractivity contribution in [1.29, 1.82) is 0 Å². The van der Waals surface area contributed by atoms with E-state index in [9.17, 15) is 22.4 Å². The molecule has 0 aliphatic carbocycles. The quantitative estimate of drug-likeness (QED) is 0.750. The Bertz CT molecular complexity index is 914.